The lowest BCUT2D eigenvalue weighted by molar-refractivity contribution is -0.139. The smallest absolute Gasteiger partial charge is 0.419 e. The topological polar surface area (TPSA) is 9.23 Å². The number of rotatable bonds is 3. The molecule has 0 amide bonds. The third-order valence-electron chi connectivity index (χ3n) is 2.44. The summed E-state index contributed by atoms with van der Waals surface area (Å²) in [6, 6.07) is 3.63. The molecule has 1 aliphatic rings. The van der Waals surface area contributed by atoms with Gasteiger partial charge in [-0.2, -0.15) is 13.2 Å². The molecule has 1 aromatic carbocycles. The third-order valence-corrected chi connectivity index (χ3v) is 2.72. The van der Waals surface area contributed by atoms with Crippen LogP contribution in [-0.2, 0) is 6.18 Å². The molecular weight excluding hydrogens is 237 g/mol. The van der Waals surface area contributed by atoms with Gasteiger partial charge in [0, 0.05) is 4.90 Å². The first kappa shape index (κ1) is 11.6. The molecule has 16 heavy (non-hydrogen) atoms. The summed E-state index contributed by atoms with van der Waals surface area (Å²) < 4.78 is 43.0. The lowest BCUT2D eigenvalue weighted by Crippen LogP contribution is -2.10. The number of thiol groups is 1. The minimum absolute atomic E-state index is 0.119. The van der Waals surface area contributed by atoms with Crippen molar-refractivity contribution in [2.45, 2.75) is 23.9 Å². The molecule has 1 saturated carbocycles. The Morgan fingerprint density at radius 1 is 1.31 bits per heavy atom. The fourth-order valence-corrected chi connectivity index (χ4v) is 1.55. The molecule has 1 aromatic rings. The Balaban J connectivity index is 2.20. The van der Waals surface area contributed by atoms with Gasteiger partial charge in [0.2, 0.25) is 0 Å². The zero-order valence-electron chi connectivity index (χ0n) is 8.42. The second kappa shape index (κ2) is 4.20. The fraction of sp³-hybridized carbons (Fsp3) is 0.455. The maximum Gasteiger partial charge on any atom is 0.419 e. The molecule has 0 atom stereocenters. The molecule has 2 rings (SSSR count). The monoisotopic (exact) mass is 248 g/mol. The SMILES string of the molecule is FC(F)(F)c1ccc(S)cc1OCC1CC1. The second-order valence-corrected chi connectivity index (χ2v) is 4.45. The number of alkyl halides is 3. The maximum atomic E-state index is 12.6. The molecule has 0 heterocycles. The summed E-state index contributed by atoms with van der Waals surface area (Å²) in [4.78, 5) is 0.471. The molecule has 1 aliphatic carbocycles. The van der Waals surface area contributed by atoms with Crippen molar-refractivity contribution < 1.29 is 17.9 Å². The van der Waals surface area contributed by atoms with Crippen molar-refractivity contribution >= 4 is 12.6 Å². The minimum atomic E-state index is -4.37. The van der Waals surface area contributed by atoms with E-state index < -0.39 is 11.7 Å². The van der Waals surface area contributed by atoms with E-state index in [1.165, 1.54) is 12.1 Å². The Labute approximate surface area is 97.0 Å². The van der Waals surface area contributed by atoms with E-state index in [1.54, 1.807) is 0 Å². The summed E-state index contributed by atoms with van der Waals surface area (Å²) >= 11 is 4.01. The molecule has 0 N–H and O–H groups in total. The Morgan fingerprint density at radius 2 is 2.00 bits per heavy atom. The number of hydrogen-bond donors (Lipinski definition) is 1. The molecule has 1 fully saturated rings. The van der Waals surface area contributed by atoms with Gasteiger partial charge in [0.15, 0.2) is 0 Å². The molecule has 0 spiro atoms. The largest absolute Gasteiger partial charge is 0.493 e. The lowest BCUT2D eigenvalue weighted by Gasteiger charge is -2.14. The fourth-order valence-electron chi connectivity index (χ4n) is 1.36. The van der Waals surface area contributed by atoms with Gasteiger partial charge in [0.05, 0.1) is 12.2 Å². The van der Waals surface area contributed by atoms with Crippen molar-refractivity contribution in [2.75, 3.05) is 6.61 Å². The van der Waals surface area contributed by atoms with E-state index in [0.717, 1.165) is 18.9 Å². The standard InChI is InChI=1S/C11H11F3OS/c12-11(13,14)9-4-3-8(16)5-10(9)15-6-7-1-2-7/h3-5,7,16H,1-2,6H2. The molecule has 0 aliphatic heterocycles. The van der Waals surface area contributed by atoms with Gasteiger partial charge < -0.3 is 4.74 Å². The summed E-state index contributed by atoms with van der Waals surface area (Å²) in [5.41, 5.74) is -0.731. The molecule has 0 aromatic heterocycles. The van der Waals surface area contributed by atoms with Crippen molar-refractivity contribution in [1.29, 1.82) is 0 Å². The maximum absolute atomic E-state index is 12.6. The summed E-state index contributed by atoms with van der Waals surface area (Å²) in [7, 11) is 0. The van der Waals surface area contributed by atoms with Crippen LogP contribution in [0.2, 0.25) is 0 Å². The predicted molar refractivity (Wildman–Crippen MR) is 56.9 cm³/mol. The summed E-state index contributed by atoms with van der Waals surface area (Å²) in [6.07, 6.45) is -2.29. The average molecular weight is 248 g/mol. The van der Waals surface area contributed by atoms with Gasteiger partial charge in [0.1, 0.15) is 5.75 Å². The normalized spacial score (nSPS) is 16.2. The summed E-state index contributed by atoms with van der Waals surface area (Å²) in [5.74, 6) is 0.302. The summed E-state index contributed by atoms with van der Waals surface area (Å²) in [6.45, 7) is 0.361. The highest BCUT2D eigenvalue weighted by molar-refractivity contribution is 7.80. The van der Waals surface area contributed by atoms with Gasteiger partial charge in [-0.25, -0.2) is 0 Å². The van der Waals surface area contributed by atoms with Gasteiger partial charge in [-0.1, -0.05) is 0 Å². The molecule has 88 valence electrons. The molecule has 0 bridgehead atoms. The minimum Gasteiger partial charge on any atom is -0.493 e. The van der Waals surface area contributed by atoms with E-state index in [2.05, 4.69) is 12.6 Å². The van der Waals surface area contributed by atoms with E-state index in [-0.39, 0.29) is 5.75 Å². The zero-order valence-corrected chi connectivity index (χ0v) is 9.31. The first-order valence-electron chi connectivity index (χ1n) is 5.00. The highest BCUT2D eigenvalue weighted by atomic mass is 32.1. The van der Waals surface area contributed by atoms with Gasteiger partial charge >= 0.3 is 6.18 Å². The van der Waals surface area contributed by atoms with Crippen LogP contribution in [0.15, 0.2) is 23.1 Å². The lowest BCUT2D eigenvalue weighted by atomic mass is 10.2. The molecular formula is C11H11F3OS. The Morgan fingerprint density at radius 3 is 2.56 bits per heavy atom. The van der Waals surface area contributed by atoms with Crippen molar-refractivity contribution in [1.82, 2.24) is 0 Å². The Bertz CT molecular complexity index is 385. The first-order chi connectivity index (χ1) is 7.47. The number of benzene rings is 1. The quantitative estimate of drug-likeness (QED) is 0.801. The third kappa shape index (κ3) is 2.84. The van der Waals surface area contributed by atoms with E-state index in [0.29, 0.717) is 17.4 Å². The highest BCUT2D eigenvalue weighted by Crippen LogP contribution is 2.38. The van der Waals surface area contributed by atoms with E-state index in [4.69, 9.17) is 4.74 Å². The number of hydrogen-bond acceptors (Lipinski definition) is 2. The van der Waals surface area contributed by atoms with Gasteiger partial charge in [-0.15, -0.1) is 12.6 Å². The van der Waals surface area contributed by atoms with Crippen LogP contribution in [0.25, 0.3) is 0 Å². The average Bonchev–Trinajstić information content (AvgIpc) is 2.96. The van der Waals surface area contributed by atoms with Crippen LogP contribution in [0.1, 0.15) is 18.4 Å². The number of halogens is 3. The van der Waals surface area contributed by atoms with Crippen LogP contribution in [0.3, 0.4) is 0 Å². The van der Waals surface area contributed by atoms with Crippen LogP contribution in [-0.4, -0.2) is 6.61 Å². The zero-order chi connectivity index (χ0) is 11.8. The van der Waals surface area contributed by atoms with E-state index >= 15 is 0 Å². The predicted octanol–water partition coefficient (Wildman–Crippen LogP) is 3.78. The van der Waals surface area contributed by atoms with E-state index in [9.17, 15) is 13.2 Å². The van der Waals surface area contributed by atoms with Gasteiger partial charge in [-0.3, -0.25) is 0 Å². The molecule has 5 heteroatoms. The Hall–Kier alpha value is -0.840. The Kier molecular flexibility index (Phi) is 3.06. The van der Waals surface area contributed by atoms with Crippen LogP contribution in [0.4, 0.5) is 13.2 Å². The van der Waals surface area contributed by atoms with Gasteiger partial charge in [0.25, 0.3) is 0 Å². The van der Waals surface area contributed by atoms with Crippen LogP contribution >= 0.6 is 12.6 Å². The van der Waals surface area contributed by atoms with Crippen molar-refractivity contribution in [2.24, 2.45) is 5.92 Å². The van der Waals surface area contributed by atoms with Gasteiger partial charge in [-0.05, 0) is 37.0 Å². The van der Waals surface area contributed by atoms with Crippen molar-refractivity contribution in [3.8, 4) is 5.75 Å². The molecule has 1 nitrogen and oxygen atoms in total. The summed E-state index contributed by atoms with van der Waals surface area (Å²) in [5, 5.41) is 0. The van der Waals surface area contributed by atoms with Crippen LogP contribution in [0, 0.1) is 5.92 Å². The molecule has 0 radical (unpaired) electrons. The first-order valence-corrected chi connectivity index (χ1v) is 5.44. The second-order valence-electron chi connectivity index (χ2n) is 3.93. The highest BCUT2D eigenvalue weighted by Gasteiger charge is 2.34. The molecule has 0 saturated heterocycles. The molecule has 0 unspecified atom stereocenters. The van der Waals surface area contributed by atoms with E-state index in [1.807, 2.05) is 0 Å². The number of ether oxygens (including phenoxy) is 1. The van der Waals surface area contributed by atoms with Crippen LogP contribution in [0.5, 0.6) is 5.75 Å². The van der Waals surface area contributed by atoms with Crippen molar-refractivity contribution in [3.05, 3.63) is 23.8 Å². The van der Waals surface area contributed by atoms with Crippen molar-refractivity contribution in [3.63, 3.8) is 0 Å². The van der Waals surface area contributed by atoms with Crippen LogP contribution < -0.4 is 4.74 Å².